The van der Waals surface area contributed by atoms with Crippen LogP contribution in [0.5, 0.6) is 5.75 Å². The monoisotopic (exact) mass is 324 g/mol. The molecule has 1 aromatic heterocycles. The molecule has 3 heteroatoms. The van der Waals surface area contributed by atoms with Crippen LogP contribution < -0.4 is 0 Å². The molecule has 1 N–H and O–H groups in total. The normalized spacial score (nSPS) is 34.3. The number of aromatic hydroxyl groups is 1. The fourth-order valence-corrected chi connectivity index (χ4v) is 6.28. The molecule has 2 aromatic rings. The van der Waals surface area contributed by atoms with Gasteiger partial charge in [0.2, 0.25) is 0 Å². The molecule has 4 bridgehead atoms. The lowest BCUT2D eigenvalue weighted by molar-refractivity contribution is -0.0141. The molecule has 3 nitrogen and oxygen atoms in total. The maximum Gasteiger partial charge on any atom is 0.116 e. The summed E-state index contributed by atoms with van der Waals surface area (Å²) in [6.45, 7) is 8.19. The van der Waals surface area contributed by atoms with Gasteiger partial charge in [0, 0.05) is 48.2 Å². The van der Waals surface area contributed by atoms with E-state index in [1.165, 1.54) is 48.8 Å². The molecule has 5 atom stereocenters. The topological polar surface area (TPSA) is 28.4 Å². The summed E-state index contributed by atoms with van der Waals surface area (Å²) < 4.78 is 2.56. The number of hydrogen-bond donors (Lipinski definition) is 1. The van der Waals surface area contributed by atoms with Gasteiger partial charge in [0.1, 0.15) is 5.75 Å². The summed E-state index contributed by atoms with van der Waals surface area (Å²) >= 11 is 0. The molecule has 1 saturated carbocycles. The zero-order valence-corrected chi connectivity index (χ0v) is 14.8. The molecular weight excluding hydrogens is 296 g/mol. The van der Waals surface area contributed by atoms with E-state index < -0.39 is 0 Å². The Morgan fingerprint density at radius 3 is 2.88 bits per heavy atom. The summed E-state index contributed by atoms with van der Waals surface area (Å²) in [4.78, 5) is 2.81. The molecule has 4 aliphatic rings. The van der Waals surface area contributed by atoms with Crippen molar-refractivity contribution in [3.63, 3.8) is 0 Å². The molecule has 1 aliphatic carbocycles. The largest absolute Gasteiger partial charge is 0.508 e. The van der Waals surface area contributed by atoms with Crippen LogP contribution in [0.4, 0.5) is 0 Å². The van der Waals surface area contributed by atoms with Crippen molar-refractivity contribution < 1.29 is 5.11 Å². The second-order valence-corrected chi connectivity index (χ2v) is 8.16. The van der Waals surface area contributed by atoms with Gasteiger partial charge in [0.05, 0.1) is 0 Å². The lowest BCUT2D eigenvalue weighted by Crippen LogP contribution is -2.56. The highest BCUT2D eigenvalue weighted by Gasteiger charge is 2.49. The molecule has 3 aliphatic heterocycles. The smallest absolute Gasteiger partial charge is 0.116 e. The fraction of sp³-hybridized carbons (Fsp3) is 0.619. The van der Waals surface area contributed by atoms with Gasteiger partial charge in [-0.05, 0) is 61.8 Å². The fourth-order valence-electron chi connectivity index (χ4n) is 6.28. The molecule has 24 heavy (non-hydrogen) atoms. The van der Waals surface area contributed by atoms with Gasteiger partial charge in [-0.3, -0.25) is 4.90 Å². The number of aromatic nitrogens is 1. The van der Waals surface area contributed by atoms with Gasteiger partial charge >= 0.3 is 0 Å². The highest BCUT2D eigenvalue weighted by Crippen LogP contribution is 2.52. The summed E-state index contributed by atoms with van der Waals surface area (Å²) in [6, 6.07) is 6.71. The zero-order valence-electron chi connectivity index (χ0n) is 14.8. The molecule has 0 radical (unpaired) electrons. The Hall–Kier alpha value is -1.48. The predicted molar refractivity (Wildman–Crippen MR) is 97.6 cm³/mol. The van der Waals surface area contributed by atoms with Crippen molar-refractivity contribution in [2.45, 2.75) is 58.0 Å². The molecule has 5 unspecified atom stereocenters. The Labute approximate surface area is 144 Å². The van der Waals surface area contributed by atoms with Crippen LogP contribution in [0, 0.1) is 11.8 Å². The lowest BCUT2D eigenvalue weighted by atomic mass is 9.65. The second kappa shape index (κ2) is 5.26. The van der Waals surface area contributed by atoms with Crippen molar-refractivity contribution in [3.8, 4) is 5.75 Å². The van der Waals surface area contributed by atoms with Crippen molar-refractivity contribution >= 4 is 10.9 Å². The molecule has 2 saturated heterocycles. The van der Waals surface area contributed by atoms with E-state index >= 15 is 0 Å². The van der Waals surface area contributed by atoms with E-state index in [2.05, 4.69) is 29.4 Å². The Morgan fingerprint density at radius 2 is 2.08 bits per heavy atom. The molecule has 0 amide bonds. The highest BCUT2D eigenvalue weighted by atomic mass is 16.3. The first kappa shape index (κ1) is 14.8. The molecule has 0 spiro atoms. The van der Waals surface area contributed by atoms with Crippen molar-refractivity contribution in [2.24, 2.45) is 11.8 Å². The number of hydrogen-bond acceptors (Lipinski definition) is 2. The van der Waals surface area contributed by atoms with Gasteiger partial charge in [-0.25, -0.2) is 0 Å². The SMILES string of the molecule is CCC1CC2CC3c4c(c5cc(O)ccc5n4CC)CCN(C2)C13. The maximum atomic E-state index is 10.0. The molecule has 6 rings (SSSR count). The van der Waals surface area contributed by atoms with Gasteiger partial charge < -0.3 is 9.67 Å². The number of phenols is 1. The summed E-state index contributed by atoms with van der Waals surface area (Å²) in [5.74, 6) is 2.84. The Morgan fingerprint density at radius 1 is 1.21 bits per heavy atom. The Bertz CT molecular complexity index is 793. The lowest BCUT2D eigenvalue weighted by Gasteiger charge is -2.53. The summed E-state index contributed by atoms with van der Waals surface area (Å²) in [7, 11) is 0. The number of rotatable bonds is 2. The number of piperidine rings is 2. The average molecular weight is 324 g/mol. The third-order valence-electron chi connectivity index (χ3n) is 7.07. The Balaban J connectivity index is 1.75. The van der Waals surface area contributed by atoms with Crippen LogP contribution in [0.1, 0.15) is 50.3 Å². The minimum absolute atomic E-state index is 0.402. The predicted octanol–water partition coefficient (Wildman–Crippen LogP) is 4.13. The van der Waals surface area contributed by atoms with Gasteiger partial charge in [0.25, 0.3) is 0 Å². The van der Waals surface area contributed by atoms with Crippen LogP contribution in [-0.4, -0.2) is 33.7 Å². The zero-order chi connectivity index (χ0) is 16.4. The molecule has 3 fully saturated rings. The minimum atomic E-state index is 0.402. The van der Waals surface area contributed by atoms with Gasteiger partial charge in [-0.15, -0.1) is 0 Å². The van der Waals surface area contributed by atoms with Gasteiger partial charge in [0.15, 0.2) is 0 Å². The highest BCUT2D eigenvalue weighted by molar-refractivity contribution is 5.87. The van der Waals surface area contributed by atoms with Crippen LogP contribution in [0.25, 0.3) is 10.9 Å². The maximum absolute atomic E-state index is 10.0. The van der Waals surface area contributed by atoms with E-state index in [-0.39, 0.29) is 0 Å². The van der Waals surface area contributed by atoms with Gasteiger partial charge in [-0.2, -0.15) is 0 Å². The van der Waals surface area contributed by atoms with Gasteiger partial charge in [-0.1, -0.05) is 13.3 Å². The van der Waals surface area contributed by atoms with Crippen molar-refractivity contribution in [3.05, 3.63) is 29.5 Å². The third kappa shape index (κ3) is 1.88. The Kier molecular flexibility index (Phi) is 3.25. The molecule has 4 heterocycles. The molecule has 1 aromatic carbocycles. The van der Waals surface area contributed by atoms with Crippen LogP contribution in [0.2, 0.25) is 0 Å². The average Bonchev–Trinajstić information content (AvgIpc) is 2.85. The van der Waals surface area contributed by atoms with E-state index in [0.29, 0.717) is 11.7 Å². The number of benzene rings is 1. The first-order valence-electron chi connectivity index (χ1n) is 9.79. The summed E-state index contributed by atoms with van der Waals surface area (Å²) in [6.07, 6.45) is 5.26. The minimum Gasteiger partial charge on any atom is -0.508 e. The van der Waals surface area contributed by atoms with Crippen molar-refractivity contribution in [1.29, 1.82) is 0 Å². The standard InChI is InChI=1S/C21H28N2O/c1-3-14-9-13-10-18-20(14)22(12-13)8-7-16-17-11-15(24)5-6-19(17)23(4-2)21(16)18/h5-6,11,13-14,18,20,24H,3-4,7-10,12H2,1-2H3. The van der Waals surface area contributed by atoms with E-state index in [0.717, 1.165) is 30.8 Å². The van der Waals surface area contributed by atoms with Crippen LogP contribution in [0.3, 0.4) is 0 Å². The second-order valence-electron chi connectivity index (χ2n) is 8.16. The van der Waals surface area contributed by atoms with Crippen molar-refractivity contribution in [2.75, 3.05) is 13.1 Å². The number of fused-ring (bicyclic) bond motifs is 4. The third-order valence-corrected chi connectivity index (χ3v) is 7.07. The molecule has 128 valence electrons. The number of aryl methyl sites for hydroxylation is 1. The van der Waals surface area contributed by atoms with Crippen molar-refractivity contribution in [1.82, 2.24) is 9.47 Å². The number of nitrogens with zero attached hydrogens (tertiary/aromatic N) is 2. The summed E-state index contributed by atoms with van der Waals surface area (Å²) in [5.41, 5.74) is 4.45. The first-order valence-corrected chi connectivity index (χ1v) is 9.79. The van der Waals surface area contributed by atoms with E-state index in [4.69, 9.17) is 0 Å². The van der Waals surface area contributed by atoms with E-state index in [9.17, 15) is 5.11 Å². The van der Waals surface area contributed by atoms with E-state index in [1.54, 1.807) is 5.69 Å². The van der Waals surface area contributed by atoms with E-state index in [1.807, 2.05) is 12.1 Å². The number of phenolic OH excluding ortho intramolecular Hbond substituents is 1. The summed E-state index contributed by atoms with van der Waals surface area (Å²) in [5, 5.41) is 11.3. The van der Waals surface area contributed by atoms with Crippen LogP contribution in [-0.2, 0) is 13.0 Å². The van der Waals surface area contributed by atoms with Crippen LogP contribution in [0.15, 0.2) is 18.2 Å². The first-order chi connectivity index (χ1) is 11.7. The molecular formula is C21H28N2O. The quantitative estimate of drug-likeness (QED) is 0.900. The van der Waals surface area contributed by atoms with Crippen LogP contribution >= 0.6 is 0 Å².